The second kappa shape index (κ2) is 8.76. The summed E-state index contributed by atoms with van der Waals surface area (Å²) in [4.78, 5) is 22.8. The molecule has 0 bridgehead atoms. The molecule has 5 heteroatoms. The molecule has 0 aliphatic rings. The first-order valence-electron chi connectivity index (χ1n) is 6.51. The second-order valence-electron chi connectivity index (χ2n) is 4.58. The van der Waals surface area contributed by atoms with Crippen molar-refractivity contribution < 1.29 is 19.4 Å². The highest BCUT2D eigenvalue weighted by atomic mass is 32.2. The van der Waals surface area contributed by atoms with E-state index < -0.39 is 5.97 Å². The van der Waals surface area contributed by atoms with E-state index >= 15 is 0 Å². The van der Waals surface area contributed by atoms with Gasteiger partial charge in [-0.2, -0.15) is 0 Å². The number of carboxylic acids is 1. The number of hydrogen-bond acceptors (Lipinski definition) is 4. The third-order valence-electron chi connectivity index (χ3n) is 2.89. The van der Waals surface area contributed by atoms with Crippen LogP contribution in [0.2, 0.25) is 0 Å². The van der Waals surface area contributed by atoms with Crippen LogP contribution in [0.15, 0.2) is 29.2 Å². The van der Waals surface area contributed by atoms with Gasteiger partial charge in [-0.15, -0.1) is 11.8 Å². The third kappa shape index (κ3) is 6.21. The van der Waals surface area contributed by atoms with Crippen LogP contribution in [0.25, 0.3) is 0 Å². The van der Waals surface area contributed by atoms with Gasteiger partial charge in [-0.05, 0) is 49.8 Å². The van der Waals surface area contributed by atoms with E-state index in [9.17, 15) is 9.59 Å². The van der Waals surface area contributed by atoms with E-state index in [1.807, 2.05) is 12.1 Å². The fraction of sp³-hybridized carbons (Fsp3) is 0.467. The highest BCUT2D eigenvalue weighted by Gasteiger charge is 2.09. The molecule has 0 fully saturated rings. The summed E-state index contributed by atoms with van der Waals surface area (Å²) in [7, 11) is 1.63. The van der Waals surface area contributed by atoms with Crippen molar-refractivity contribution in [2.45, 2.75) is 37.2 Å². The van der Waals surface area contributed by atoms with E-state index in [1.54, 1.807) is 37.9 Å². The Kier molecular flexibility index (Phi) is 7.33. The summed E-state index contributed by atoms with van der Waals surface area (Å²) in [6.45, 7) is 1.57. The van der Waals surface area contributed by atoms with E-state index in [4.69, 9.17) is 9.84 Å². The normalized spacial score (nSPS) is 12.1. The largest absolute Gasteiger partial charge is 0.478 e. The van der Waals surface area contributed by atoms with Gasteiger partial charge in [0, 0.05) is 18.4 Å². The van der Waals surface area contributed by atoms with Crippen LogP contribution >= 0.6 is 11.8 Å². The monoisotopic (exact) mass is 296 g/mol. The van der Waals surface area contributed by atoms with Crippen molar-refractivity contribution in [1.82, 2.24) is 0 Å². The molecule has 0 saturated carbocycles. The Morgan fingerprint density at radius 1 is 1.30 bits per heavy atom. The van der Waals surface area contributed by atoms with Gasteiger partial charge < -0.3 is 9.84 Å². The first-order chi connectivity index (χ1) is 9.52. The number of ether oxygens (including phenoxy) is 1. The van der Waals surface area contributed by atoms with E-state index in [0.717, 1.165) is 23.5 Å². The molecule has 1 unspecified atom stereocenters. The number of rotatable bonds is 9. The van der Waals surface area contributed by atoms with Gasteiger partial charge in [0.1, 0.15) is 5.78 Å². The maximum absolute atomic E-state index is 11.0. The predicted octanol–water partition coefficient (Wildman–Crippen LogP) is 3.25. The van der Waals surface area contributed by atoms with Crippen LogP contribution in [0.1, 0.15) is 36.5 Å². The number of hydrogen-bond donors (Lipinski definition) is 1. The number of Topliss-reactive ketones (excluding diaryl/α,β-unsaturated/α-hetero) is 1. The summed E-state index contributed by atoms with van der Waals surface area (Å²) in [5, 5.41) is 8.80. The zero-order valence-corrected chi connectivity index (χ0v) is 12.6. The fourth-order valence-corrected chi connectivity index (χ4v) is 2.69. The van der Waals surface area contributed by atoms with Crippen molar-refractivity contribution in [3.63, 3.8) is 0 Å². The molecular formula is C15H20O4S. The van der Waals surface area contributed by atoms with Gasteiger partial charge in [0.25, 0.3) is 0 Å². The van der Waals surface area contributed by atoms with Crippen molar-refractivity contribution in [2.24, 2.45) is 0 Å². The lowest BCUT2D eigenvalue weighted by molar-refractivity contribution is -0.119. The molecule has 0 aromatic heterocycles. The average Bonchev–Trinajstić information content (AvgIpc) is 2.42. The van der Waals surface area contributed by atoms with Crippen LogP contribution in [0.3, 0.4) is 0 Å². The third-order valence-corrected chi connectivity index (χ3v) is 3.99. The minimum absolute atomic E-state index is 0.00230. The van der Waals surface area contributed by atoms with Gasteiger partial charge in [0.05, 0.1) is 11.7 Å². The summed E-state index contributed by atoms with van der Waals surface area (Å²) < 4.78 is 5.26. The maximum atomic E-state index is 11.0. The number of methoxy groups -OCH3 is 1. The molecular weight excluding hydrogens is 276 g/mol. The standard InChI is InChI=1S/C15H20O4S/c1-11(16)10-13(19-2)4-3-9-20-14-7-5-12(6-8-14)15(17)18/h5-8,13H,3-4,9-10H2,1-2H3,(H,17,18). The summed E-state index contributed by atoms with van der Waals surface area (Å²) in [6.07, 6.45) is 2.28. The Morgan fingerprint density at radius 2 is 1.95 bits per heavy atom. The smallest absolute Gasteiger partial charge is 0.335 e. The minimum Gasteiger partial charge on any atom is -0.478 e. The molecule has 0 saturated heterocycles. The highest BCUT2D eigenvalue weighted by molar-refractivity contribution is 7.99. The fourth-order valence-electron chi connectivity index (χ4n) is 1.82. The van der Waals surface area contributed by atoms with Gasteiger partial charge in [-0.25, -0.2) is 4.79 Å². The Balaban J connectivity index is 2.29. The van der Waals surface area contributed by atoms with Crippen molar-refractivity contribution in [3.8, 4) is 0 Å². The van der Waals surface area contributed by atoms with Crippen LogP contribution in [0, 0.1) is 0 Å². The molecule has 0 amide bonds. The minimum atomic E-state index is -0.909. The van der Waals surface area contributed by atoms with E-state index in [1.165, 1.54) is 0 Å². The molecule has 0 aliphatic carbocycles. The average molecular weight is 296 g/mol. The summed E-state index contributed by atoms with van der Waals surface area (Å²) in [5.74, 6) is 0.159. The van der Waals surface area contributed by atoms with Crippen LogP contribution in [0.4, 0.5) is 0 Å². The van der Waals surface area contributed by atoms with E-state index in [-0.39, 0.29) is 11.9 Å². The molecule has 1 N–H and O–H groups in total. The van der Waals surface area contributed by atoms with Crippen molar-refractivity contribution in [3.05, 3.63) is 29.8 Å². The Morgan fingerprint density at radius 3 is 2.45 bits per heavy atom. The molecule has 110 valence electrons. The topological polar surface area (TPSA) is 63.6 Å². The van der Waals surface area contributed by atoms with Crippen LogP contribution in [-0.2, 0) is 9.53 Å². The van der Waals surface area contributed by atoms with E-state index in [2.05, 4.69) is 0 Å². The lowest BCUT2D eigenvalue weighted by atomic mass is 10.1. The molecule has 1 atom stereocenters. The molecule has 4 nitrogen and oxygen atoms in total. The lowest BCUT2D eigenvalue weighted by Gasteiger charge is -2.13. The molecule has 20 heavy (non-hydrogen) atoms. The number of carbonyl (C=O) groups excluding carboxylic acids is 1. The van der Waals surface area contributed by atoms with Gasteiger partial charge in [0.15, 0.2) is 0 Å². The second-order valence-corrected chi connectivity index (χ2v) is 5.75. The molecule has 1 rings (SSSR count). The Labute approximate surface area is 123 Å². The molecule has 1 aromatic rings. The van der Waals surface area contributed by atoms with Crippen molar-refractivity contribution in [1.29, 1.82) is 0 Å². The molecule has 0 radical (unpaired) electrons. The summed E-state index contributed by atoms with van der Waals surface area (Å²) >= 11 is 1.68. The van der Waals surface area contributed by atoms with Crippen LogP contribution in [-0.4, -0.2) is 35.8 Å². The SMILES string of the molecule is COC(CCCSc1ccc(C(=O)O)cc1)CC(C)=O. The van der Waals surface area contributed by atoms with Crippen molar-refractivity contribution >= 4 is 23.5 Å². The maximum Gasteiger partial charge on any atom is 0.335 e. The number of carbonyl (C=O) groups is 2. The predicted molar refractivity (Wildman–Crippen MR) is 79.5 cm³/mol. The Bertz CT molecular complexity index is 442. The first-order valence-corrected chi connectivity index (χ1v) is 7.50. The number of benzene rings is 1. The quantitative estimate of drug-likeness (QED) is 0.560. The number of aromatic carboxylic acids is 1. The van der Waals surface area contributed by atoms with Gasteiger partial charge in [-0.1, -0.05) is 0 Å². The van der Waals surface area contributed by atoms with Gasteiger partial charge >= 0.3 is 5.97 Å². The first kappa shape index (κ1) is 16.7. The van der Waals surface area contributed by atoms with Crippen LogP contribution < -0.4 is 0 Å². The number of thioether (sulfide) groups is 1. The molecule has 0 heterocycles. The van der Waals surface area contributed by atoms with Crippen molar-refractivity contribution in [2.75, 3.05) is 12.9 Å². The lowest BCUT2D eigenvalue weighted by Crippen LogP contribution is -2.14. The number of carboxylic acid groups (broad SMARTS) is 1. The van der Waals surface area contributed by atoms with E-state index in [0.29, 0.717) is 12.0 Å². The molecule has 0 aliphatic heterocycles. The zero-order valence-electron chi connectivity index (χ0n) is 11.8. The highest BCUT2D eigenvalue weighted by Crippen LogP contribution is 2.21. The zero-order chi connectivity index (χ0) is 15.0. The van der Waals surface area contributed by atoms with Gasteiger partial charge in [-0.3, -0.25) is 4.79 Å². The summed E-state index contributed by atoms with van der Waals surface area (Å²) in [6, 6.07) is 6.85. The van der Waals surface area contributed by atoms with Crippen LogP contribution in [0.5, 0.6) is 0 Å². The molecule has 1 aromatic carbocycles. The Hall–Kier alpha value is -1.33. The summed E-state index contributed by atoms with van der Waals surface area (Å²) in [5.41, 5.74) is 0.301. The van der Waals surface area contributed by atoms with Gasteiger partial charge in [0.2, 0.25) is 0 Å². The molecule has 0 spiro atoms. The number of ketones is 1.